The second-order valence-corrected chi connectivity index (χ2v) is 7.89. The third-order valence-electron chi connectivity index (χ3n) is 3.83. The molecule has 0 atom stereocenters. The van der Waals surface area contributed by atoms with Gasteiger partial charge in [0.2, 0.25) is 10.0 Å². The molecule has 0 fully saturated rings. The highest BCUT2D eigenvalue weighted by atomic mass is 32.2. The third-order valence-corrected chi connectivity index (χ3v) is 5.28. The number of benzene rings is 1. The number of hydrogen-bond donors (Lipinski definition) is 2. The molecule has 8 nitrogen and oxygen atoms in total. The number of rotatable bonds is 8. The fourth-order valence-electron chi connectivity index (χ4n) is 2.30. The number of pyridine rings is 1. The zero-order chi connectivity index (χ0) is 20.0. The Hall–Kier alpha value is -2.49. The molecule has 1 amide bonds. The summed E-state index contributed by atoms with van der Waals surface area (Å²) < 4.78 is 32.0. The van der Waals surface area contributed by atoms with Crippen LogP contribution < -0.4 is 14.9 Å². The molecule has 27 heavy (non-hydrogen) atoms. The summed E-state index contributed by atoms with van der Waals surface area (Å²) in [5.41, 5.74) is 1.47. The molecule has 0 radical (unpaired) electrons. The molecule has 1 aromatic heterocycles. The van der Waals surface area contributed by atoms with Crippen LogP contribution in [0.5, 0.6) is 0 Å². The zero-order valence-electron chi connectivity index (χ0n) is 15.8. The van der Waals surface area contributed by atoms with Gasteiger partial charge in [0.1, 0.15) is 5.82 Å². The van der Waals surface area contributed by atoms with Gasteiger partial charge in [-0.05, 0) is 36.8 Å². The van der Waals surface area contributed by atoms with Crippen molar-refractivity contribution in [2.24, 2.45) is 0 Å². The van der Waals surface area contributed by atoms with Gasteiger partial charge in [0, 0.05) is 33.3 Å². The van der Waals surface area contributed by atoms with E-state index in [2.05, 4.69) is 15.0 Å². The van der Waals surface area contributed by atoms with Crippen molar-refractivity contribution in [3.05, 3.63) is 47.7 Å². The summed E-state index contributed by atoms with van der Waals surface area (Å²) in [6.07, 6.45) is 1.55. The van der Waals surface area contributed by atoms with E-state index in [0.717, 1.165) is 5.82 Å². The summed E-state index contributed by atoms with van der Waals surface area (Å²) in [6, 6.07) is 7.95. The first-order valence-corrected chi connectivity index (χ1v) is 9.77. The molecular weight excluding hydrogens is 368 g/mol. The molecule has 2 N–H and O–H groups in total. The molecule has 0 aliphatic heterocycles. The number of aryl methyl sites for hydroxylation is 1. The monoisotopic (exact) mass is 392 g/mol. The fourth-order valence-corrected chi connectivity index (χ4v) is 3.34. The van der Waals surface area contributed by atoms with Crippen molar-refractivity contribution in [3.8, 4) is 0 Å². The molecule has 0 bridgehead atoms. The number of amides is 1. The smallest absolute Gasteiger partial charge is 0.256 e. The van der Waals surface area contributed by atoms with E-state index < -0.39 is 15.9 Å². The minimum absolute atomic E-state index is 0.0235. The number of sulfonamides is 1. The highest BCUT2D eigenvalue weighted by Crippen LogP contribution is 2.18. The van der Waals surface area contributed by atoms with Gasteiger partial charge in [-0.3, -0.25) is 4.79 Å². The van der Waals surface area contributed by atoms with Gasteiger partial charge < -0.3 is 15.0 Å². The van der Waals surface area contributed by atoms with Gasteiger partial charge in [-0.1, -0.05) is 6.07 Å². The third kappa shape index (κ3) is 5.49. The van der Waals surface area contributed by atoms with Crippen LogP contribution in [0, 0.1) is 6.92 Å². The maximum atomic E-state index is 12.6. The Morgan fingerprint density at radius 3 is 2.56 bits per heavy atom. The average Bonchev–Trinajstić information content (AvgIpc) is 2.62. The Kier molecular flexibility index (Phi) is 6.89. The Morgan fingerprint density at radius 2 is 1.96 bits per heavy atom. The molecular formula is C18H24N4O4S. The Morgan fingerprint density at radius 1 is 1.22 bits per heavy atom. The molecule has 0 spiro atoms. The Balaban J connectivity index is 2.20. The van der Waals surface area contributed by atoms with Gasteiger partial charge in [-0.2, -0.15) is 0 Å². The predicted molar refractivity (Wildman–Crippen MR) is 105 cm³/mol. The Labute approximate surface area is 159 Å². The second kappa shape index (κ2) is 8.94. The van der Waals surface area contributed by atoms with E-state index in [1.54, 1.807) is 31.3 Å². The van der Waals surface area contributed by atoms with Gasteiger partial charge in [-0.15, -0.1) is 0 Å². The maximum absolute atomic E-state index is 12.6. The first-order chi connectivity index (χ1) is 12.7. The molecule has 0 saturated carbocycles. The number of nitrogens with zero attached hydrogens (tertiary/aromatic N) is 2. The summed E-state index contributed by atoms with van der Waals surface area (Å²) in [5, 5.41) is 2.74. The number of nitrogens with one attached hydrogen (secondary N) is 2. The van der Waals surface area contributed by atoms with E-state index in [9.17, 15) is 13.2 Å². The van der Waals surface area contributed by atoms with Crippen molar-refractivity contribution in [2.45, 2.75) is 11.8 Å². The maximum Gasteiger partial charge on any atom is 0.256 e. The minimum atomic E-state index is -3.72. The van der Waals surface area contributed by atoms with Gasteiger partial charge in [0.05, 0.1) is 23.4 Å². The van der Waals surface area contributed by atoms with Crippen molar-refractivity contribution in [1.82, 2.24) is 9.71 Å². The summed E-state index contributed by atoms with van der Waals surface area (Å²) in [7, 11) is 1.51. The van der Waals surface area contributed by atoms with Gasteiger partial charge in [0.15, 0.2) is 0 Å². The lowest BCUT2D eigenvalue weighted by molar-refractivity contribution is 0.102. The summed E-state index contributed by atoms with van der Waals surface area (Å²) >= 11 is 0. The highest BCUT2D eigenvalue weighted by molar-refractivity contribution is 7.89. The molecule has 1 aromatic carbocycles. The lowest BCUT2D eigenvalue weighted by atomic mass is 10.1. The number of ether oxygens (including phenoxy) is 1. The number of carbonyl (C=O) groups excluding carboxylic acids is 1. The largest absolute Gasteiger partial charge is 0.383 e. The van der Waals surface area contributed by atoms with Crippen LogP contribution in [0.4, 0.5) is 11.5 Å². The van der Waals surface area contributed by atoms with Crippen LogP contribution in [0.15, 0.2) is 41.4 Å². The van der Waals surface area contributed by atoms with Crippen molar-refractivity contribution in [3.63, 3.8) is 0 Å². The summed E-state index contributed by atoms with van der Waals surface area (Å²) in [6.45, 7) is 2.16. The number of methoxy groups -OCH3 is 1. The van der Waals surface area contributed by atoms with Crippen LogP contribution in [-0.2, 0) is 14.8 Å². The SMILES string of the molecule is COCCNS(=O)(=O)c1ccc(C)c(C(=O)Nc2ccc(N(C)C)nc2)c1. The number of hydrogen-bond acceptors (Lipinski definition) is 6. The number of carbonyl (C=O) groups is 1. The molecule has 1 heterocycles. The molecule has 0 saturated heterocycles. The quantitative estimate of drug-likeness (QED) is 0.663. The first kappa shape index (κ1) is 20.8. The molecule has 0 aliphatic carbocycles. The zero-order valence-corrected chi connectivity index (χ0v) is 16.6. The lowest BCUT2D eigenvalue weighted by Gasteiger charge is -2.13. The summed E-state index contributed by atoms with van der Waals surface area (Å²) in [4.78, 5) is 18.7. The number of aromatic nitrogens is 1. The predicted octanol–water partition coefficient (Wildman–Crippen LogP) is 1.63. The molecule has 0 unspecified atom stereocenters. The molecule has 2 aromatic rings. The fraction of sp³-hybridized carbons (Fsp3) is 0.333. The van der Waals surface area contributed by atoms with Crippen LogP contribution >= 0.6 is 0 Å². The van der Waals surface area contributed by atoms with Gasteiger partial charge in [-0.25, -0.2) is 18.1 Å². The second-order valence-electron chi connectivity index (χ2n) is 6.12. The first-order valence-electron chi connectivity index (χ1n) is 8.28. The van der Waals surface area contributed by atoms with E-state index in [-0.39, 0.29) is 23.6 Å². The van der Waals surface area contributed by atoms with Crippen LogP contribution in [0.25, 0.3) is 0 Å². The molecule has 2 rings (SSSR count). The molecule has 146 valence electrons. The number of anilines is 2. The average molecular weight is 392 g/mol. The van der Waals surface area contributed by atoms with E-state index >= 15 is 0 Å². The van der Waals surface area contributed by atoms with E-state index in [4.69, 9.17) is 4.74 Å². The standard InChI is InChI=1S/C18H24N4O4S/c1-13-5-7-15(27(24,25)20-9-10-26-4)11-16(13)18(23)21-14-6-8-17(19-12-14)22(2)3/h5-8,11-12,20H,9-10H2,1-4H3,(H,21,23). The Bertz CT molecular complexity index is 896. The van der Waals surface area contributed by atoms with Crippen molar-refractivity contribution >= 4 is 27.4 Å². The van der Waals surface area contributed by atoms with Gasteiger partial charge in [0.25, 0.3) is 5.91 Å². The van der Waals surface area contributed by atoms with E-state index in [0.29, 0.717) is 11.3 Å². The van der Waals surface area contributed by atoms with Crippen LogP contribution in [0.3, 0.4) is 0 Å². The molecule has 9 heteroatoms. The summed E-state index contributed by atoms with van der Waals surface area (Å²) in [5.74, 6) is 0.361. The topological polar surface area (TPSA) is 101 Å². The minimum Gasteiger partial charge on any atom is -0.383 e. The molecule has 0 aliphatic rings. The van der Waals surface area contributed by atoms with E-state index in [1.807, 2.05) is 19.0 Å². The van der Waals surface area contributed by atoms with Crippen molar-refractivity contribution in [2.75, 3.05) is 44.6 Å². The van der Waals surface area contributed by atoms with Crippen molar-refractivity contribution < 1.29 is 17.9 Å². The lowest BCUT2D eigenvalue weighted by Crippen LogP contribution is -2.27. The van der Waals surface area contributed by atoms with Crippen molar-refractivity contribution in [1.29, 1.82) is 0 Å². The van der Waals surface area contributed by atoms with Crippen LogP contribution in [-0.4, -0.2) is 53.7 Å². The van der Waals surface area contributed by atoms with Crippen LogP contribution in [0.1, 0.15) is 15.9 Å². The van der Waals surface area contributed by atoms with E-state index in [1.165, 1.54) is 19.2 Å². The van der Waals surface area contributed by atoms with Gasteiger partial charge >= 0.3 is 0 Å². The normalized spacial score (nSPS) is 11.3. The van der Waals surface area contributed by atoms with Crippen LogP contribution in [0.2, 0.25) is 0 Å². The highest BCUT2D eigenvalue weighted by Gasteiger charge is 2.18.